The van der Waals surface area contributed by atoms with Crippen LogP contribution < -0.4 is 11.1 Å². The van der Waals surface area contributed by atoms with Gasteiger partial charge in [-0.25, -0.2) is 0 Å². The molecular weight excluding hydrogens is 218 g/mol. The smallest absolute Gasteiger partial charge is 0.220 e. The number of carbonyl (C=O) groups is 1. The lowest BCUT2D eigenvalue weighted by Gasteiger charge is -2.40. The monoisotopic (exact) mass is 237 g/mol. The highest BCUT2D eigenvalue weighted by Crippen LogP contribution is 2.42. The lowest BCUT2D eigenvalue weighted by molar-refractivity contribution is -0.124. The van der Waals surface area contributed by atoms with E-state index >= 15 is 0 Å². The summed E-state index contributed by atoms with van der Waals surface area (Å²) in [6.07, 6.45) is 5.48. The number of nitrogens with one attached hydrogen (secondary N) is 1. The van der Waals surface area contributed by atoms with E-state index in [1.165, 1.54) is 6.42 Å². The predicted octanol–water partition coefficient (Wildman–Crippen LogP) is -0.0496. The minimum Gasteiger partial charge on any atom is -0.349 e. The highest BCUT2D eigenvalue weighted by molar-refractivity contribution is 5.76. The number of aryl methyl sites for hydroxylation is 1. The molecule has 0 aliphatic heterocycles. The first kappa shape index (κ1) is 12.0. The molecule has 17 heavy (non-hydrogen) atoms. The van der Waals surface area contributed by atoms with E-state index in [-0.39, 0.29) is 11.3 Å². The van der Waals surface area contributed by atoms with Crippen LogP contribution in [0.25, 0.3) is 0 Å². The zero-order valence-corrected chi connectivity index (χ0v) is 10.1. The lowest BCUT2D eigenvalue weighted by atomic mass is 9.66. The van der Waals surface area contributed by atoms with Crippen molar-refractivity contribution in [1.82, 2.24) is 20.1 Å². The van der Waals surface area contributed by atoms with Crippen molar-refractivity contribution in [2.45, 2.75) is 32.2 Å². The van der Waals surface area contributed by atoms with E-state index in [2.05, 4.69) is 15.5 Å². The molecule has 2 rings (SSSR count). The van der Waals surface area contributed by atoms with Crippen LogP contribution >= 0.6 is 0 Å². The second-order valence-corrected chi connectivity index (χ2v) is 4.87. The summed E-state index contributed by atoms with van der Waals surface area (Å²) in [5.74, 6) is 0.812. The molecule has 1 aromatic rings. The van der Waals surface area contributed by atoms with Crippen molar-refractivity contribution < 1.29 is 4.79 Å². The second kappa shape index (κ2) is 4.83. The Hall–Kier alpha value is -1.43. The van der Waals surface area contributed by atoms with E-state index in [4.69, 9.17) is 5.73 Å². The zero-order chi connectivity index (χ0) is 12.3. The Labute approximate surface area is 101 Å². The quantitative estimate of drug-likeness (QED) is 0.752. The summed E-state index contributed by atoms with van der Waals surface area (Å²) >= 11 is 0. The molecule has 6 heteroatoms. The van der Waals surface area contributed by atoms with Gasteiger partial charge in [-0.2, -0.15) is 0 Å². The third-order valence-electron chi connectivity index (χ3n) is 3.63. The van der Waals surface area contributed by atoms with E-state index in [0.29, 0.717) is 19.5 Å². The molecule has 6 nitrogen and oxygen atoms in total. The molecular formula is C11H19N5O. The molecule has 0 aromatic carbocycles. The molecule has 1 aromatic heterocycles. The largest absolute Gasteiger partial charge is 0.349 e. The molecule has 3 N–H and O–H groups in total. The van der Waals surface area contributed by atoms with Crippen molar-refractivity contribution in [3.8, 4) is 0 Å². The molecule has 1 aliphatic carbocycles. The van der Waals surface area contributed by atoms with Crippen molar-refractivity contribution in [2.24, 2.45) is 18.2 Å². The Bertz CT molecular complexity index is 391. The molecule has 1 aliphatic rings. The van der Waals surface area contributed by atoms with Gasteiger partial charge in [0.05, 0.1) is 6.54 Å². The van der Waals surface area contributed by atoms with Gasteiger partial charge in [0.15, 0.2) is 5.82 Å². The first-order chi connectivity index (χ1) is 8.15. The Balaban J connectivity index is 1.80. The van der Waals surface area contributed by atoms with Crippen LogP contribution in [0.1, 0.15) is 31.5 Å². The highest BCUT2D eigenvalue weighted by Gasteiger charge is 2.37. The maximum atomic E-state index is 11.8. The third kappa shape index (κ3) is 2.63. The van der Waals surface area contributed by atoms with Crippen LogP contribution in [0.3, 0.4) is 0 Å². The summed E-state index contributed by atoms with van der Waals surface area (Å²) in [7, 11) is 1.86. The van der Waals surface area contributed by atoms with Crippen LogP contribution in [-0.2, 0) is 18.4 Å². The summed E-state index contributed by atoms with van der Waals surface area (Å²) < 4.78 is 1.79. The van der Waals surface area contributed by atoms with Gasteiger partial charge in [-0.1, -0.05) is 6.42 Å². The van der Waals surface area contributed by atoms with Gasteiger partial charge in [-0.15, -0.1) is 10.2 Å². The van der Waals surface area contributed by atoms with Gasteiger partial charge in [-0.3, -0.25) is 4.79 Å². The number of rotatable bonds is 5. The average molecular weight is 237 g/mol. The van der Waals surface area contributed by atoms with E-state index in [1.807, 2.05) is 7.05 Å². The first-order valence-electron chi connectivity index (χ1n) is 5.95. The van der Waals surface area contributed by atoms with Crippen LogP contribution in [0.4, 0.5) is 0 Å². The molecule has 1 heterocycles. The van der Waals surface area contributed by atoms with Crippen molar-refractivity contribution >= 4 is 5.91 Å². The van der Waals surface area contributed by atoms with Crippen molar-refractivity contribution in [3.05, 3.63) is 12.2 Å². The molecule has 1 saturated carbocycles. The summed E-state index contributed by atoms with van der Waals surface area (Å²) in [6, 6.07) is 0. The fourth-order valence-corrected chi connectivity index (χ4v) is 2.18. The molecule has 0 radical (unpaired) electrons. The van der Waals surface area contributed by atoms with Crippen LogP contribution in [-0.4, -0.2) is 27.2 Å². The van der Waals surface area contributed by atoms with Crippen LogP contribution in [0.2, 0.25) is 0 Å². The average Bonchev–Trinajstić information content (AvgIpc) is 2.67. The summed E-state index contributed by atoms with van der Waals surface area (Å²) in [6.45, 7) is 1.03. The first-order valence-corrected chi connectivity index (χ1v) is 5.95. The molecule has 0 atom stereocenters. The van der Waals surface area contributed by atoms with Gasteiger partial charge in [0.2, 0.25) is 5.91 Å². The van der Waals surface area contributed by atoms with Gasteiger partial charge in [0.1, 0.15) is 6.33 Å². The Morgan fingerprint density at radius 1 is 1.65 bits per heavy atom. The molecule has 0 bridgehead atoms. The second-order valence-electron chi connectivity index (χ2n) is 4.87. The molecule has 1 amide bonds. The van der Waals surface area contributed by atoms with Crippen LogP contribution in [0.15, 0.2) is 6.33 Å². The number of nitrogens with zero attached hydrogens (tertiary/aromatic N) is 3. The number of hydrogen-bond donors (Lipinski definition) is 2. The fourth-order valence-electron chi connectivity index (χ4n) is 2.18. The van der Waals surface area contributed by atoms with Gasteiger partial charge in [-0.05, 0) is 24.8 Å². The van der Waals surface area contributed by atoms with Crippen molar-refractivity contribution in [1.29, 1.82) is 0 Å². The Morgan fingerprint density at radius 3 is 2.88 bits per heavy atom. The summed E-state index contributed by atoms with van der Waals surface area (Å²) in [5, 5.41) is 10.5. The number of amides is 1. The van der Waals surface area contributed by atoms with Gasteiger partial charge in [0, 0.05) is 13.5 Å². The summed E-state index contributed by atoms with van der Waals surface area (Å²) in [5.41, 5.74) is 5.78. The Kier molecular flexibility index (Phi) is 3.42. The number of nitrogens with two attached hydrogens (primary N) is 1. The van der Waals surface area contributed by atoms with Gasteiger partial charge >= 0.3 is 0 Å². The van der Waals surface area contributed by atoms with E-state index in [9.17, 15) is 4.79 Å². The standard InChI is InChI=1S/C11H19N5O/c1-16-8-14-15-9(16)6-13-10(17)5-11(7-12)3-2-4-11/h8H,2-7,12H2,1H3,(H,13,17). The normalized spacial score (nSPS) is 17.5. The lowest BCUT2D eigenvalue weighted by Crippen LogP contribution is -2.41. The number of aromatic nitrogens is 3. The highest BCUT2D eigenvalue weighted by atomic mass is 16.1. The van der Waals surface area contributed by atoms with E-state index in [1.54, 1.807) is 10.9 Å². The van der Waals surface area contributed by atoms with Gasteiger partial charge < -0.3 is 15.6 Å². The third-order valence-corrected chi connectivity index (χ3v) is 3.63. The number of hydrogen-bond acceptors (Lipinski definition) is 4. The topological polar surface area (TPSA) is 85.8 Å². The predicted molar refractivity (Wildman–Crippen MR) is 62.8 cm³/mol. The summed E-state index contributed by atoms with van der Waals surface area (Å²) in [4.78, 5) is 11.8. The van der Waals surface area contributed by atoms with E-state index in [0.717, 1.165) is 18.7 Å². The minimum atomic E-state index is 0.0538. The Morgan fingerprint density at radius 2 is 2.41 bits per heavy atom. The molecule has 0 saturated heterocycles. The minimum absolute atomic E-state index is 0.0538. The fraction of sp³-hybridized carbons (Fsp3) is 0.727. The maximum Gasteiger partial charge on any atom is 0.220 e. The van der Waals surface area contributed by atoms with Gasteiger partial charge in [0.25, 0.3) is 0 Å². The molecule has 0 spiro atoms. The van der Waals surface area contributed by atoms with Crippen LogP contribution in [0, 0.1) is 5.41 Å². The van der Waals surface area contributed by atoms with Crippen molar-refractivity contribution in [2.75, 3.05) is 6.54 Å². The maximum absolute atomic E-state index is 11.8. The molecule has 1 fully saturated rings. The van der Waals surface area contributed by atoms with Crippen molar-refractivity contribution in [3.63, 3.8) is 0 Å². The number of carbonyl (C=O) groups excluding carboxylic acids is 1. The molecule has 94 valence electrons. The molecule has 0 unspecified atom stereocenters. The van der Waals surface area contributed by atoms with E-state index < -0.39 is 0 Å². The SMILES string of the molecule is Cn1cnnc1CNC(=O)CC1(CN)CCC1. The zero-order valence-electron chi connectivity index (χ0n) is 10.1. The van der Waals surface area contributed by atoms with Crippen LogP contribution in [0.5, 0.6) is 0 Å².